The molecule has 0 aliphatic heterocycles. The van der Waals surface area contributed by atoms with Crippen LogP contribution >= 0.6 is 0 Å². The summed E-state index contributed by atoms with van der Waals surface area (Å²) in [6, 6.07) is 9.87. The van der Waals surface area contributed by atoms with Gasteiger partial charge in [0, 0.05) is 17.4 Å². The van der Waals surface area contributed by atoms with Crippen LogP contribution in [0.15, 0.2) is 48.5 Å². The monoisotopic (exact) mass is 364 g/mol. The number of halogens is 4. The lowest BCUT2D eigenvalue weighted by Gasteiger charge is -2.19. The number of carbonyl (C=O) groups excluding carboxylic acids is 2. The van der Waals surface area contributed by atoms with E-state index < -0.39 is 41.1 Å². The summed E-state index contributed by atoms with van der Waals surface area (Å²) in [5.41, 5.74) is -0.895. The van der Waals surface area contributed by atoms with Crippen molar-refractivity contribution in [1.29, 1.82) is 0 Å². The quantitative estimate of drug-likeness (QED) is 0.435. The van der Waals surface area contributed by atoms with Crippen molar-refractivity contribution in [3.63, 3.8) is 0 Å². The van der Waals surface area contributed by atoms with E-state index in [9.17, 15) is 27.2 Å². The summed E-state index contributed by atoms with van der Waals surface area (Å²) in [6.07, 6.45) is -4.30. The topological polar surface area (TPSA) is 34.1 Å². The van der Waals surface area contributed by atoms with Crippen molar-refractivity contribution in [2.24, 2.45) is 11.8 Å². The summed E-state index contributed by atoms with van der Waals surface area (Å²) >= 11 is 0. The molecule has 0 amide bonds. The number of rotatable bonds is 3. The van der Waals surface area contributed by atoms with E-state index in [-0.39, 0.29) is 23.3 Å². The molecule has 1 aliphatic rings. The van der Waals surface area contributed by atoms with Gasteiger partial charge in [0.25, 0.3) is 0 Å². The van der Waals surface area contributed by atoms with Gasteiger partial charge in [0.15, 0.2) is 5.78 Å². The highest BCUT2D eigenvalue weighted by molar-refractivity contribution is 6.13. The number of hydrogen-bond acceptors (Lipinski definition) is 2. The number of alkyl halides is 3. The van der Waals surface area contributed by atoms with Crippen LogP contribution < -0.4 is 0 Å². The first-order valence-electron chi connectivity index (χ1n) is 8.19. The van der Waals surface area contributed by atoms with Crippen LogP contribution in [0.1, 0.15) is 40.7 Å². The Balaban J connectivity index is 2.01. The Labute approximate surface area is 147 Å². The first kappa shape index (κ1) is 18.3. The summed E-state index contributed by atoms with van der Waals surface area (Å²) in [7, 11) is 0. The maximum Gasteiger partial charge on any atom is 0.416 e. The molecule has 3 rings (SSSR count). The molecule has 0 spiro atoms. The van der Waals surface area contributed by atoms with Crippen molar-refractivity contribution < 1.29 is 27.2 Å². The zero-order valence-electron chi connectivity index (χ0n) is 13.9. The molecule has 136 valence electrons. The van der Waals surface area contributed by atoms with Gasteiger partial charge in [0.1, 0.15) is 11.6 Å². The van der Waals surface area contributed by atoms with Crippen LogP contribution in [0.4, 0.5) is 17.6 Å². The summed E-state index contributed by atoms with van der Waals surface area (Å²) in [5.74, 6) is -3.90. The molecular formula is C20H16F4O2. The number of hydrogen-bond donors (Lipinski definition) is 0. The van der Waals surface area contributed by atoms with Crippen LogP contribution in [-0.2, 0) is 11.0 Å². The van der Waals surface area contributed by atoms with Crippen molar-refractivity contribution in [1.82, 2.24) is 0 Å². The van der Waals surface area contributed by atoms with E-state index in [4.69, 9.17) is 0 Å². The molecule has 0 N–H and O–H groups in total. The lowest BCUT2D eigenvalue weighted by Crippen LogP contribution is -2.26. The van der Waals surface area contributed by atoms with Crippen molar-refractivity contribution in [2.75, 3.05) is 0 Å². The lowest BCUT2D eigenvalue weighted by molar-refractivity contribution is -0.137. The summed E-state index contributed by atoms with van der Waals surface area (Å²) in [6.45, 7) is 1.65. The maximum atomic E-state index is 14.2. The Morgan fingerprint density at radius 1 is 1.08 bits per heavy atom. The zero-order chi connectivity index (χ0) is 19.1. The largest absolute Gasteiger partial charge is 0.416 e. The SMILES string of the molecule is CC1C[C@H](c2ccccc2F)[C@@H](C(=O)c2cccc(C(F)(F)F)c2)C1=O. The fourth-order valence-corrected chi connectivity index (χ4v) is 3.56. The fourth-order valence-electron chi connectivity index (χ4n) is 3.56. The lowest BCUT2D eigenvalue weighted by atomic mass is 9.83. The van der Waals surface area contributed by atoms with E-state index in [0.29, 0.717) is 0 Å². The maximum absolute atomic E-state index is 14.2. The number of ketones is 2. The normalized spacial score (nSPS) is 23.3. The van der Waals surface area contributed by atoms with Gasteiger partial charge in [-0.05, 0) is 30.2 Å². The van der Waals surface area contributed by atoms with Crippen molar-refractivity contribution >= 4 is 11.6 Å². The molecule has 26 heavy (non-hydrogen) atoms. The van der Waals surface area contributed by atoms with E-state index in [1.807, 2.05) is 0 Å². The predicted octanol–water partition coefficient (Wildman–Crippen LogP) is 5.04. The van der Waals surface area contributed by atoms with Crippen LogP contribution in [0, 0.1) is 17.7 Å². The van der Waals surface area contributed by atoms with Gasteiger partial charge in [0.2, 0.25) is 0 Å². The third-order valence-electron chi connectivity index (χ3n) is 4.86. The molecule has 0 heterocycles. The van der Waals surface area contributed by atoms with Crippen molar-refractivity contribution in [3.8, 4) is 0 Å². The molecule has 0 bridgehead atoms. The molecule has 2 aromatic carbocycles. The summed E-state index contributed by atoms with van der Waals surface area (Å²) < 4.78 is 52.9. The van der Waals surface area contributed by atoms with Crippen LogP contribution in [0.3, 0.4) is 0 Å². The average Bonchev–Trinajstić information content (AvgIpc) is 2.89. The predicted molar refractivity (Wildman–Crippen MR) is 87.2 cm³/mol. The molecular weight excluding hydrogens is 348 g/mol. The van der Waals surface area contributed by atoms with E-state index >= 15 is 0 Å². The number of carbonyl (C=O) groups is 2. The minimum absolute atomic E-state index is 0.186. The molecule has 2 nitrogen and oxygen atoms in total. The fraction of sp³-hybridized carbons (Fsp3) is 0.300. The molecule has 2 aromatic rings. The van der Waals surface area contributed by atoms with Gasteiger partial charge in [-0.2, -0.15) is 13.2 Å². The highest BCUT2D eigenvalue weighted by atomic mass is 19.4. The minimum Gasteiger partial charge on any atom is -0.299 e. The first-order chi connectivity index (χ1) is 12.2. The van der Waals surface area contributed by atoms with E-state index in [2.05, 4.69) is 0 Å². The Morgan fingerprint density at radius 2 is 1.77 bits per heavy atom. The second kappa shape index (κ2) is 6.67. The van der Waals surface area contributed by atoms with Crippen LogP contribution in [0.25, 0.3) is 0 Å². The van der Waals surface area contributed by atoms with Gasteiger partial charge in [-0.25, -0.2) is 4.39 Å². The molecule has 0 aromatic heterocycles. The number of Topliss-reactive ketones (excluding diaryl/α,β-unsaturated/α-hetero) is 2. The third-order valence-corrected chi connectivity index (χ3v) is 4.86. The van der Waals surface area contributed by atoms with Gasteiger partial charge in [-0.3, -0.25) is 9.59 Å². The number of benzene rings is 2. The average molecular weight is 364 g/mol. The smallest absolute Gasteiger partial charge is 0.299 e. The van der Waals surface area contributed by atoms with Gasteiger partial charge >= 0.3 is 6.18 Å². The van der Waals surface area contributed by atoms with E-state index in [1.54, 1.807) is 13.0 Å². The first-order valence-corrected chi connectivity index (χ1v) is 8.19. The molecule has 3 atom stereocenters. The van der Waals surface area contributed by atoms with Gasteiger partial charge in [-0.1, -0.05) is 37.3 Å². The Morgan fingerprint density at radius 3 is 2.42 bits per heavy atom. The Kier molecular flexibility index (Phi) is 4.69. The molecule has 1 saturated carbocycles. The van der Waals surface area contributed by atoms with Crippen LogP contribution in [0.5, 0.6) is 0 Å². The molecule has 1 fully saturated rings. The molecule has 6 heteroatoms. The zero-order valence-corrected chi connectivity index (χ0v) is 13.9. The van der Waals surface area contributed by atoms with Gasteiger partial charge < -0.3 is 0 Å². The third kappa shape index (κ3) is 3.28. The highest BCUT2D eigenvalue weighted by Gasteiger charge is 2.46. The second-order valence-electron chi connectivity index (χ2n) is 6.59. The standard InChI is InChI=1S/C20H16F4O2/c1-11-9-15(14-7-2-3-8-16(14)21)17(18(11)25)19(26)12-5-4-6-13(10-12)20(22,23)24/h2-8,10-11,15,17H,9H2,1H3/t11?,15-,17-/m1/s1. The molecule has 1 aliphatic carbocycles. The van der Waals surface area contributed by atoms with Crippen LogP contribution in [0.2, 0.25) is 0 Å². The van der Waals surface area contributed by atoms with Gasteiger partial charge in [-0.15, -0.1) is 0 Å². The summed E-state index contributed by atoms with van der Waals surface area (Å²) in [5, 5.41) is 0. The Bertz CT molecular complexity index is 857. The molecule has 1 unspecified atom stereocenters. The Hall–Kier alpha value is -2.50. The van der Waals surface area contributed by atoms with Gasteiger partial charge in [0.05, 0.1) is 11.5 Å². The highest BCUT2D eigenvalue weighted by Crippen LogP contribution is 2.43. The van der Waals surface area contributed by atoms with Crippen molar-refractivity contribution in [3.05, 3.63) is 71.0 Å². The van der Waals surface area contributed by atoms with Crippen molar-refractivity contribution in [2.45, 2.75) is 25.4 Å². The van der Waals surface area contributed by atoms with E-state index in [0.717, 1.165) is 18.2 Å². The summed E-state index contributed by atoms with van der Waals surface area (Å²) in [4.78, 5) is 25.4. The molecule has 0 saturated heterocycles. The molecule has 0 radical (unpaired) electrons. The van der Waals surface area contributed by atoms with E-state index in [1.165, 1.54) is 24.3 Å². The van der Waals surface area contributed by atoms with Crippen LogP contribution in [-0.4, -0.2) is 11.6 Å². The second-order valence-corrected chi connectivity index (χ2v) is 6.59. The minimum atomic E-state index is -4.59.